The van der Waals surface area contributed by atoms with Crippen molar-refractivity contribution in [1.29, 1.82) is 0 Å². The van der Waals surface area contributed by atoms with Crippen LogP contribution in [0.25, 0.3) is 0 Å². The average Bonchev–Trinajstić information content (AvgIpc) is 2.55. The lowest BCUT2D eigenvalue weighted by molar-refractivity contribution is 0.386. The highest BCUT2D eigenvalue weighted by Crippen LogP contribution is 2.34. The van der Waals surface area contributed by atoms with Gasteiger partial charge in [0.25, 0.3) is 0 Å². The number of fused-ring (bicyclic) bond motifs is 1. The first-order valence-corrected chi connectivity index (χ1v) is 7.57. The number of ether oxygens (including phenoxy) is 2. The molecule has 1 aliphatic rings. The predicted molar refractivity (Wildman–Crippen MR) is 87.5 cm³/mol. The lowest BCUT2D eigenvalue weighted by Gasteiger charge is -2.27. The van der Waals surface area contributed by atoms with Crippen molar-refractivity contribution in [1.82, 2.24) is 10.6 Å². The molecule has 0 amide bonds. The largest absolute Gasteiger partial charge is 0.497 e. The summed E-state index contributed by atoms with van der Waals surface area (Å²) >= 11 is 0. The van der Waals surface area contributed by atoms with Gasteiger partial charge in [-0.1, -0.05) is 24.3 Å². The summed E-state index contributed by atoms with van der Waals surface area (Å²) in [5.41, 5.74) is 3.74. The van der Waals surface area contributed by atoms with Crippen LogP contribution >= 0.6 is 0 Å². The molecule has 22 heavy (non-hydrogen) atoms. The van der Waals surface area contributed by atoms with Gasteiger partial charge in [0, 0.05) is 31.3 Å². The summed E-state index contributed by atoms with van der Waals surface area (Å²) < 4.78 is 10.9. The predicted octanol–water partition coefficient (Wildman–Crippen LogP) is 2.49. The van der Waals surface area contributed by atoms with Gasteiger partial charge in [0.15, 0.2) is 0 Å². The molecule has 2 aromatic rings. The lowest BCUT2D eigenvalue weighted by Crippen LogP contribution is -2.34. The van der Waals surface area contributed by atoms with E-state index in [1.165, 1.54) is 11.1 Å². The lowest BCUT2D eigenvalue weighted by atomic mass is 9.93. The van der Waals surface area contributed by atoms with Crippen molar-refractivity contribution < 1.29 is 9.47 Å². The van der Waals surface area contributed by atoms with Gasteiger partial charge in [0.1, 0.15) is 11.5 Å². The molecule has 0 bridgehead atoms. The normalized spacial score (nSPS) is 18.0. The second kappa shape index (κ2) is 6.81. The third kappa shape index (κ3) is 2.93. The van der Waals surface area contributed by atoms with Crippen molar-refractivity contribution in [3.8, 4) is 11.5 Å². The minimum Gasteiger partial charge on any atom is -0.497 e. The highest BCUT2D eigenvalue weighted by molar-refractivity contribution is 5.47. The third-order valence-electron chi connectivity index (χ3n) is 4.08. The summed E-state index contributed by atoms with van der Waals surface area (Å²) in [4.78, 5) is 0. The molecule has 4 nitrogen and oxygen atoms in total. The molecule has 116 valence electrons. The van der Waals surface area contributed by atoms with Crippen LogP contribution < -0.4 is 20.1 Å². The Labute approximate surface area is 131 Å². The average molecular weight is 298 g/mol. The van der Waals surface area contributed by atoms with Crippen molar-refractivity contribution in [2.24, 2.45) is 0 Å². The highest BCUT2D eigenvalue weighted by atomic mass is 16.5. The molecule has 0 aromatic heterocycles. The molecule has 2 N–H and O–H groups in total. The van der Waals surface area contributed by atoms with Crippen molar-refractivity contribution in [3.05, 3.63) is 59.2 Å². The van der Waals surface area contributed by atoms with Crippen LogP contribution in [0, 0.1) is 0 Å². The Morgan fingerprint density at radius 1 is 0.955 bits per heavy atom. The third-order valence-corrected chi connectivity index (χ3v) is 4.08. The minimum absolute atomic E-state index is 0.124. The van der Waals surface area contributed by atoms with Crippen molar-refractivity contribution in [2.45, 2.75) is 12.6 Å². The van der Waals surface area contributed by atoms with E-state index in [0.717, 1.165) is 36.7 Å². The minimum atomic E-state index is 0.124. The molecule has 0 radical (unpaired) electrons. The van der Waals surface area contributed by atoms with Crippen LogP contribution in [-0.2, 0) is 6.54 Å². The molecule has 0 aliphatic carbocycles. The molecule has 4 heteroatoms. The first-order valence-electron chi connectivity index (χ1n) is 7.57. The Hall–Kier alpha value is -2.04. The summed E-state index contributed by atoms with van der Waals surface area (Å²) in [5, 5.41) is 7.07. The molecule has 0 fully saturated rings. The number of hydrogen-bond donors (Lipinski definition) is 2. The number of hydrogen-bond acceptors (Lipinski definition) is 4. The van der Waals surface area contributed by atoms with E-state index >= 15 is 0 Å². The molecule has 1 atom stereocenters. The first kappa shape index (κ1) is 14.9. The molecule has 0 saturated carbocycles. The molecule has 3 rings (SSSR count). The van der Waals surface area contributed by atoms with Crippen molar-refractivity contribution in [3.63, 3.8) is 0 Å². The van der Waals surface area contributed by atoms with E-state index < -0.39 is 0 Å². The number of rotatable bonds is 3. The summed E-state index contributed by atoms with van der Waals surface area (Å²) in [6.45, 7) is 2.75. The fourth-order valence-electron chi connectivity index (χ4n) is 2.95. The molecule has 2 aromatic carbocycles. The summed E-state index contributed by atoms with van der Waals surface area (Å²) in [6.07, 6.45) is 0. The van der Waals surface area contributed by atoms with Crippen molar-refractivity contribution >= 4 is 0 Å². The van der Waals surface area contributed by atoms with Crippen LogP contribution in [-0.4, -0.2) is 27.3 Å². The maximum atomic E-state index is 5.59. The Morgan fingerprint density at radius 3 is 2.64 bits per heavy atom. The number of nitrogens with one attached hydrogen (secondary N) is 2. The van der Waals surface area contributed by atoms with E-state index in [2.05, 4.69) is 41.0 Å². The smallest absolute Gasteiger partial charge is 0.127 e. The van der Waals surface area contributed by atoms with E-state index in [1.807, 2.05) is 12.1 Å². The van der Waals surface area contributed by atoms with Gasteiger partial charge in [-0.25, -0.2) is 0 Å². The summed E-state index contributed by atoms with van der Waals surface area (Å²) in [5.74, 6) is 1.65. The monoisotopic (exact) mass is 298 g/mol. The molecular weight excluding hydrogens is 276 g/mol. The van der Waals surface area contributed by atoms with E-state index in [9.17, 15) is 0 Å². The zero-order valence-electron chi connectivity index (χ0n) is 13.1. The Bertz CT molecular complexity index is 643. The summed E-state index contributed by atoms with van der Waals surface area (Å²) in [6, 6.07) is 14.7. The quantitative estimate of drug-likeness (QED) is 0.913. The van der Waals surface area contributed by atoms with Crippen LogP contribution in [0.3, 0.4) is 0 Å². The van der Waals surface area contributed by atoms with Gasteiger partial charge >= 0.3 is 0 Å². The Kier molecular flexibility index (Phi) is 4.61. The van der Waals surface area contributed by atoms with Crippen molar-refractivity contribution in [2.75, 3.05) is 27.3 Å². The molecule has 1 aliphatic heterocycles. The zero-order chi connectivity index (χ0) is 15.4. The van der Waals surface area contributed by atoms with E-state index in [0.29, 0.717) is 0 Å². The number of benzene rings is 2. The summed E-state index contributed by atoms with van der Waals surface area (Å²) in [7, 11) is 3.37. The highest BCUT2D eigenvalue weighted by Gasteiger charge is 2.22. The molecule has 1 heterocycles. The van der Waals surface area contributed by atoms with Gasteiger partial charge < -0.3 is 20.1 Å². The maximum Gasteiger partial charge on any atom is 0.127 e. The van der Waals surface area contributed by atoms with Gasteiger partial charge in [-0.05, 0) is 23.3 Å². The Morgan fingerprint density at radius 2 is 1.82 bits per heavy atom. The van der Waals surface area contributed by atoms with Gasteiger partial charge in [-0.15, -0.1) is 0 Å². The van der Waals surface area contributed by atoms with Crippen LogP contribution in [0.4, 0.5) is 0 Å². The van der Waals surface area contributed by atoms with E-state index in [4.69, 9.17) is 9.47 Å². The van der Waals surface area contributed by atoms with E-state index in [1.54, 1.807) is 14.2 Å². The standard InChI is InChI=1S/C18H22N2O2/c1-21-14-7-8-16(17(11-14)22-2)18-15-6-4-3-5-13(15)12-19-9-10-20-18/h3-8,11,18-20H,9-10,12H2,1-2H3. The van der Waals surface area contributed by atoms with Crippen LogP contribution in [0.1, 0.15) is 22.7 Å². The van der Waals surface area contributed by atoms with E-state index in [-0.39, 0.29) is 6.04 Å². The second-order valence-corrected chi connectivity index (χ2v) is 5.37. The van der Waals surface area contributed by atoms with Gasteiger partial charge in [-0.3, -0.25) is 0 Å². The fraction of sp³-hybridized carbons (Fsp3) is 0.333. The Balaban J connectivity index is 2.07. The topological polar surface area (TPSA) is 42.5 Å². The fourth-order valence-corrected chi connectivity index (χ4v) is 2.95. The second-order valence-electron chi connectivity index (χ2n) is 5.37. The van der Waals surface area contributed by atoms with Gasteiger partial charge in [0.2, 0.25) is 0 Å². The SMILES string of the molecule is COc1ccc(C2NCCNCc3ccccc32)c(OC)c1. The van der Waals surface area contributed by atoms with Crippen LogP contribution in [0.5, 0.6) is 11.5 Å². The van der Waals surface area contributed by atoms with Crippen LogP contribution in [0.15, 0.2) is 42.5 Å². The van der Waals surface area contributed by atoms with Gasteiger partial charge in [0.05, 0.1) is 20.3 Å². The molecular formula is C18H22N2O2. The molecule has 1 unspecified atom stereocenters. The zero-order valence-corrected chi connectivity index (χ0v) is 13.1. The molecule has 0 saturated heterocycles. The molecule has 0 spiro atoms. The van der Waals surface area contributed by atoms with Crippen LogP contribution in [0.2, 0.25) is 0 Å². The number of methoxy groups -OCH3 is 2. The first-order chi connectivity index (χ1) is 10.8. The van der Waals surface area contributed by atoms with Gasteiger partial charge in [-0.2, -0.15) is 0 Å². The maximum absolute atomic E-state index is 5.59.